The topological polar surface area (TPSA) is 136 Å². The van der Waals surface area contributed by atoms with Crippen LogP contribution in [0.5, 0.6) is 0 Å². The van der Waals surface area contributed by atoms with Crippen LogP contribution in [0.15, 0.2) is 79.4 Å². The minimum atomic E-state index is -1.47. The zero-order valence-electron chi connectivity index (χ0n) is 23.0. The second-order valence-electron chi connectivity index (χ2n) is 10.3. The van der Waals surface area contributed by atoms with Crippen LogP contribution in [0.3, 0.4) is 0 Å². The molecule has 222 valence electrons. The molecule has 3 amide bonds. The molecular formula is C31H24ClF2N7O3. The number of benzene rings is 3. The summed E-state index contributed by atoms with van der Waals surface area (Å²) in [5.41, 5.74) is 7.84. The van der Waals surface area contributed by atoms with Crippen LogP contribution >= 0.6 is 11.6 Å². The van der Waals surface area contributed by atoms with Crippen LogP contribution in [0.4, 0.5) is 14.5 Å². The van der Waals surface area contributed by atoms with E-state index in [4.69, 9.17) is 17.3 Å². The Hall–Kier alpha value is -5.23. The molecule has 44 heavy (non-hydrogen) atoms. The molecule has 1 aliphatic heterocycles. The highest BCUT2D eigenvalue weighted by molar-refractivity contribution is 6.33. The molecule has 6 rings (SSSR count). The monoisotopic (exact) mass is 615 g/mol. The highest BCUT2D eigenvalue weighted by Gasteiger charge is 2.40. The second kappa shape index (κ2) is 11.8. The van der Waals surface area contributed by atoms with Crippen LogP contribution in [-0.2, 0) is 16.1 Å². The van der Waals surface area contributed by atoms with Crippen molar-refractivity contribution < 1.29 is 23.2 Å². The molecule has 0 aliphatic carbocycles. The van der Waals surface area contributed by atoms with E-state index >= 15 is 4.39 Å². The number of nitrogens with zero attached hydrogens (tertiary/aromatic N) is 5. The largest absolute Gasteiger partial charge is 0.364 e. The van der Waals surface area contributed by atoms with Crippen molar-refractivity contribution in [3.8, 4) is 22.3 Å². The fourth-order valence-electron chi connectivity index (χ4n) is 5.37. The van der Waals surface area contributed by atoms with E-state index in [9.17, 15) is 18.8 Å². The summed E-state index contributed by atoms with van der Waals surface area (Å²) in [4.78, 5) is 48.1. The molecule has 3 aromatic carbocycles. The number of likely N-dealkylation sites (tertiary alicyclic amines) is 1. The van der Waals surface area contributed by atoms with E-state index in [2.05, 4.69) is 20.4 Å². The number of fused-ring (bicyclic) bond motifs is 1. The van der Waals surface area contributed by atoms with Crippen molar-refractivity contribution in [2.45, 2.75) is 25.2 Å². The standard InChI is InChI=1S/C31H24ClF2N7O3/c32-23-6-2-1-4-20(23)21-5-3-7-24(28(21)34)38-31(44)26-11-19(33)14-40(26)27(42)15-41-25-9-8-17(18-12-36-16-37-13-18)10-22(25)29(39-41)30(35)43/h1-10,12-13,16,19,26H,11,14-15H2,(H2,35,43)(H,38,44). The number of rotatable bonds is 7. The lowest BCUT2D eigenvalue weighted by Gasteiger charge is -2.24. The number of halogens is 3. The van der Waals surface area contributed by atoms with Crippen LogP contribution in [0, 0.1) is 5.82 Å². The van der Waals surface area contributed by atoms with Crippen molar-refractivity contribution in [1.82, 2.24) is 24.6 Å². The normalized spacial score (nSPS) is 16.3. The first-order chi connectivity index (χ1) is 21.2. The number of alkyl halides is 1. The van der Waals surface area contributed by atoms with Crippen molar-refractivity contribution in [3.05, 3.63) is 95.9 Å². The molecule has 2 aromatic heterocycles. The van der Waals surface area contributed by atoms with Gasteiger partial charge >= 0.3 is 0 Å². The average Bonchev–Trinajstić information content (AvgIpc) is 3.59. The Morgan fingerprint density at radius 2 is 1.75 bits per heavy atom. The van der Waals surface area contributed by atoms with Crippen molar-refractivity contribution in [2.24, 2.45) is 5.73 Å². The summed E-state index contributed by atoms with van der Waals surface area (Å²) in [6.45, 7) is -0.733. The summed E-state index contributed by atoms with van der Waals surface area (Å²) < 4.78 is 31.4. The molecule has 13 heteroatoms. The van der Waals surface area contributed by atoms with Crippen LogP contribution in [0.2, 0.25) is 5.02 Å². The lowest BCUT2D eigenvalue weighted by molar-refractivity contribution is -0.137. The van der Waals surface area contributed by atoms with Gasteiger partial charge in [0.25, 0.3) is 5.91 Å². The molecule has 3 heterocycles. The molecule has 0 saturated carbocycles. The minimum Gasteiger partial charge on any atom is -0.364 e. The first kappa shape index (κ1) is 28.9. The molecule has 0 spiro atoms. The number of hydrogen-bond donors (Lipinski definition) is 2. The molecular weight excluding hydrogens is 592 g/mol. The number of nitrogens with one attached hydrogen (secondary N) is 1. The third-order valence-corrected chi connectivity index (χ3v) is 7.79. The van der Waals surface area contributed by atoms with Crippen LogP contribution in [0.1, 0.15) is 16.9 Å². The number of hydrogen-bond acceptors (Lipinski definition) is 6. The fraction of sp³-hybridized carbons (Fsp3) is 0.161. The molecule has 0 radical (unpaired) electrons. The van der Waals surface area contributed by atoms with E-state index in [0.717, 1.165) is 4.90 Å². The number of primary amides is 1. The highest BCUT2D eigenvalue weighted by Crippen LogP contribution is 2.33. The third-order valence-electron chi connectivity index (χ3n) is 7.46. The molecule has 0 bridgehead atoms. The van der Waals surface area contributed by atoms with Crippen LogP contribution in [0.25, 0.3) is 33.2 Å². The van der Waals surface area contributed by atoms with Gasteiger partial charge in [-0.05, 0) is 29.8 Å². The van der Waals surface area contributed by atoms with Gasteiger partial charge in [0.1, 0.15) is 25.1 Å². The summed E-state index contributed by atoms with van der Waals surface area (Å²) in [5, 5.41) is 7.50. The molecule has 1 aliphatic rings. The number of carbonyl (C=O) groups excluding carboxylic acids is 3. The van der Waals surface area contributed by atoms with Gasteiger partial charge in [-0.25, -0.2) is 18.7 Å². The summed E-state index contributed by atoms with van der Waals surface area (Å²) in [5.74, 6) is -2.88. The van der Waals surface area contributed by atoms with Gasteiger partial charge in [0.15, 0.2) is 11.5 Å². The van der Waals surface area contributed by atoms with Gasteiger partial charge in [0.05, 0.1) is 17.7 Å². The predicted octanol–water partition coefficient (Wildman–Crippen LogP) is 4.63. The number of amides is 3. The Morgan fingerprint density at radius 3 is 2.50 bits per heavy atom. The van der Waals surface area contributed by atoms with Crippen molar-refractivity contribution in [2.75, 3.05) is 11.9 Å². The number of carbonyl (C=O) groups is 3. The van der Waals surface area contributed by atoms with Crippen molar-refractivity contribution in [1.29, 1.82) is 0 Å². The maximum absolute atomic E-state index is 15.5. The van der Waals surface area contributed by atoms with Gasteiger partial charge < -0.3 is 16.0 Å². The molecule has 5 aromatic rings. The van der Waals surface area contributed by atoms with Gasteiger partial charge in [-0.2, -0.15) is 5.10 Å². The van der Waals surface area contributed by atoms with Gasteiger partial charge in [0.2, 0.25) is 11.8 Å². The fourth-order valence-corrected chi connectivity index (χ4v) is 5.61. The predicted molar refractivity (Wildman–Crippen MR) is 160 cm³/mol. The summed E-state index contributed by atoms with van der Waals surface area (Å²) in [6, 6.07) is 15.1. The Bertz CT molecular complexity index is 1920. The molecule has 10 nitrogen and oxygen atoms in total. The molecule has 1 saturated heterocycles. The average molecular weight is 616 g/mol. The third kappa shape index (κ3) is 5.47. The Morgan fingerprint density at radius 1 is 1.00 bits per heavy atom. The van der Waals surface area contributed by atoms with Crippen LogP contribution < -0.4 is 11.1 Å². The molecule has 2 atom stereocenters. The van der Waals surface area contributed by atoms with Crippen molar-refractivity contribution in [3.63, 3.8) is 0 Å². The highest BCUT2D eigenvalue weighted by atomic mass is 35.5. The summed E-state index contributed by atoms with van der Waals surface area (Å²) in [7, 11) is 0. The smallest absolute Gasteiger partial charge is 0.269 e. The van der Waals surface area contributed by atoms with E-state index in [0.29, 0.717) is 32.6 Å². The Balaban J connectivity index is 1.25. The maximum Gasteiger partial charge on any atom is 0.269 e. The molecule has 1 fully saturated rings. The van der Waals surface area contributed by atoms with E-state index < -0.39 is 42.3 Å². The molecule has 2 unspecified atom stereocenters. The minimum absolute atomic E-state index is 0.0561. The maximum atomic E-state index is 15.5. The quantitative estimate of drug-likeness (QED) is 0.274. The zero-order valence-corrected chi connectivity index (χ0v) is 23.7. The number of nitrogens with two attached hydrogens (primary N) is 1. The second-order valence-corrected chi connectivity index (χ2v) is 10.7. The Labute approximate surface area is 254 Å². The summed E-state index contributed by atoms with van der Waals surface area (Å²) in [6.07, 6.45) is 2.87. The van der Waals surface area contributed by atoms with Gasteiger partial charge in [-0.3, -0.25) is 19.1 Å². The van der Waals surface area contributed by atoms with Crippen molar-refractivity contribution >= 4 is 45.9 Å². The lowest BCUT2D eigenvalue weighted by Crippen LogP contribution is -2.44. The van der Waals surface area contributed by atoms with E-state index in [1.807, 2.05) is 0 Å². The SMILES string of the molecule is NC(=O)c1nn(CC(=O)N2CC(F)CC2C(=O)Nc2cccc(-c3ccccc3Cl)c2F)c2ccc(-c3cncnc3)cc12. The first-order valence-electron chi connectivity index (χ1n) is 13.5. The summed E-state index contributed by atoms with van der Waals surface area (Å²) >= 11 is 6.24. The Kier molecular flexibility index (Phi) is 7.75. The van der Waals surface area contributed by atoms with Gasteiger partial charge in [0, 0.05) is 45.9 Å². The number of aromatic nitrogens is 4. The molecule has 3 N–H and O–H groups in total. The van der Waals surface area contributed by atoms with Gasteiger partial charge in [-0.1, -0.05) is 48.0 Å². The lowest BCUT2D eigenvalue weighted by atomic mass is 10.0. The number of anilines is 1. The first-order valence-corrected chi connectivity index (χ1v) is 13.9. The van der Waals surface area contributed by atoms with Gasteiger partial charge in [-0.15, -0.1) is 0 Å². The van der Waals surface area contributed by atoms with Crippen LogP contribution in [-0.4, -0.2) is 61.1 Å². The van der Waals surface area contributed by atoms with E-state index in [-0.39, 0.29) is 29.9 Å². The zero-order chi connectivity index (χ0) is 31.0. The van der Waals surface area contributed by atoms with E-state index in [1.165, 1.54) is 23.1 Å². The van der Waals surface area contributed by atoms with E-state index in [1.54, 1.807) is 60.9 Å².